The summed E-state index contributed by atoms with van der Waals surface area (Å²) in [5, 5.41) is 0. The third kappa shape index (κ3) is 1.45. The predicted molar refractivity (Wildman–Crippen MR) is 50.6 cm³/mol. The van der Waals surface area contributed by atoms with E-state index in [-0.39, 0.29) is 0 Å². The molecule has 0 atom stereocenters. The van der Waals surface area contributed by atoms with Gasteiger partial charge in [0.05, 0.1) is 0 Å². The topological polar surface area (TPSA) is 0 Å². The Bertz CT molecular complexity index is 127. The van der Waals surface area contributed by atoms with E-state index in [4.69, 9.17) is 0 Å². The van der Waals surface area contributed by atoms with Crippen molar-refractivity contribution in [2.24, 2.45) is 10.8 Å². The van der Waals surface area contributed by atoms with Crippen LogP contribution in [0.25, 0.3) is 0 Å². The highest BCUT2D eigenvalue weighted by atomic mass is 14.5. The van der Waals surface area contributed by atoms with Crippen LogP contribution in [0.4, 0.5) is 0 Å². The largest absolute Gasteiger partial charge is 0.0649 e. The molecule has 0 unspecified atom stereocenters. The van der Waals surface area contributed by atoms with E-state index in [1.54, 1.807) is 0 Å². The van der Waals surface area contributed by atoms with Gasteiger partial charge in [-0.2, -0.15) is 0 Å². The molecular weight excluding hydrogens is 132 g/mol. The molecule has 11 heavy (non-hydrogen) atoms. The molecule has 0 saturated heterocycles. The van der Waals surface area contributed by atoms with Gasteiger partial charge in [0.15, 0.2) is 0 Å². The highest BCUT2D eigenvalue weighted by Gasteiger charge is 2.41. The zero-order valence-corrected chi connectivity index (χ0v) is 8.54. The smallest absolute Gasteiger partial charge is 0.0275 e. The van der Waals surface area contributed by atoms with Crippen LogP contribution in [0.3, 0.4) is 0 Å². The van der Waals surface area contributed by atoms with Gasteiger partial charge in [0.25, 0.3) is 0 Å². The van der Waals surface area contributed by atoms with Crippen LogP contribution in [0, 0.1) is 10.8 Å². The van der Waals surface area contributed by atoms with E-state index in [9.17, 15) is 0 Å². The number of hydrogen-bond acceptors (Lipinski definition) is 0. The second kappa shape index (κ2) is 2.80. The van der Waals surface area contributed by atoms with E-state index >= 15 is 0 Å². The van der Waals surface area contributed by atoms with Crippen LogP contribution in [0.15, 0.2) is 0 Å². The van der Waals surface area contributed by atoms with Gasteiger partial charge in [-0.15, -0.1) is 0 Å². The Morgan fingerprint density at radius 3 is 2.00 bits per heavy atom. The lowest BCUT2D eigenvalue weighted by Crippen LogP contribution is -2.31. The van der Waals surface area contributed by atoms with Gasteiger partial charge < -0.3 is 0 Å². The SMILES string of the molecule is CCC(C)(C)C1(C)CCCC1. The van der Waals surface area contributed by atoms with Gasteiger partial charge in [-0.3, -0.25) is 0 Å². The first-order valence-corrected chi connectivity index (χ1v) is 5.02. The first-order chi connectivity index (χ1) is 5.02. The van der Waals surface area contributed by atoms with E-state index in [0.717, 1.165) is 0 Å². The third-order valence-electron chi connectivity index (χ3n) is 4.22. The van der Waals surface area contributed by atoms with Crippen LogP contribution in [0.5, 0.6) is 0 Å². The molecule has 1 aliphatic rings. The van der Waals surface area contributed by atoms with Crippen molar-refractivity contribution in [2.75, 3.05) is 0 Å². The second-order valence-electron chi connectivity index (χ2n) is 5.01. The molecule has 0 aromatic carbocycles. The molecule has 0 N–H and O–H groups in total. The molecule has 1 rings (SSSR count). The molecule has 1 aliphatic carbocycles. The van der Waals surface area contributed by atoms with Crippen LogP contribution in [-0.2, 0) is 0 Å². The van der Waals surface area contributed by atoms with Crippen molar-refractivity contribution in [1.29, 1.82) is 0 Å². The fourth-order valence-electron chi connectivity index (χ4n) is 2.26. The van der Waals surface area contributed by atoms with Crippen LogP contribution in [0.1, 0.15) is 59.8 Å². The quantitative estimate of drug-likeness (QED) is 0.564. The standard InChI is InChI=1S/C11H22/c1-5-10(2,3)11(4)8-6-7-9-11/h5-9H2,1-4H3. The summed E-state index contributed by atoms with van der Waals surface area (Å²) in [6.07, 6.45) is 7.14. The molecule has 0 heteroatoms. The Labute approximate surface area is 71.4 Å². The molecule has 0 aliphatic heterocycles. The third-order valence-corrected chi connectivity index (χ3v) is 4.22. The van der Waals surface area contributed by atoms with Crippen molar-refractivity contribution in [3.63, 3.8) is 0 Å². The van der Waals surface area contributed by atoms with Crippen LogP contribution >= 0.6 is 0 Å². The lowest BCUT2D eigenvalue weighted by atomic mass is 9.64. The molecular formula is C11H22. The number of rotatable bonds is 2. The summed E-state index contributed by atoms with van der Waals surface area (Å²) < 4.78 is 0. The maximum absolute atomic E-state index is 2.48. The molecule has 0 aromatic rings. The van der Waals surface area contributed by atoms with Gasteiger partial charge in [0.1, 0.15) is 0 Å². The first kappa shape index (κ1) is 9.09. The molecule has 66 valence electrons. The maximum Gasteiger partial charge on any atom is -0.0275 e. The molecule has 0 amide bonds. The van der Waals surface area contributed by atoms with Crippen molar-refractivity contribution in [2.45, 2.75) is 59.8 Å². The summed E-state index contributed by atoms with van der Waals surface area (Å²) in [5.41, 5.74) is 1.20. The zero-order valence-electron chi connectivity index (χ0n) is 8.54. The van der Waals surface area contributed by atoms with E-state index in [1.807, 2.05) is 0 Å². The van der Waals surface area contributed by atoms with Crippen molar-refractivity contribution >= 4 is 0 Å². The second-order valence-corrected chi connectivity index (χ2v) is 5.01. The Hall–Kier alpha value is 0. The Morgan fingerprint density at radius 2 is 1.64 bits per heavy atom. The summed E-state index contributed by atoms with van der Waals surface area (Å²) in [6, 6.07) is 0. The zero-order chi connectivity index (χ0) is 8.54. The minimum atomic E-state index is 0.559. The van der Waals surface area contributed by atoms with Crippen molar-refractivity contribution in [3.8, 4) is 0 Å². The molecule has 1 saturated carbocycles. The summed E-state index contributed by atoms with van der Waals surface area (Å²) >= 11 is 0. The lowest BCUT2D eigenvalue weighted by molar-refractivity contribution is 0.0910. The van der Waals surface area contributed by atoms with Gasteiger partial charge in [-0.25, -0.2) is 0 Å². The van der Waals surface area contributed by atoms with Crippen LogP contribution in [0.2, 0.25) is 0 Å². The predicted octanol–water partition coefficient (Wildman–Crippen LogP) is 4.00. The highest BCUT2D eigenvalue weighted by Crippen LogP contribution is 2.52. The fourth-order valence-corrected chi connectivity index (χ4v) is 2.26. The lowest BCUT2D eigenvalue weighted by Gasteiger charge is -2.41. The van der Waals surface area contributed by atoms with Crippen molar-refractivity contribution < 1.29 is 0 Å². The van der Waals surface area contributed by atoms with E-state index < -0.39 is 0 Å². The molecule has 0 bridgehead atoms. The molecule has 0 heterocycles. The van der Waals surface area contributed by atoms with Crippen LogP contribution in [-0.4, -0.2) is 0 Å². The Morgan fingerprint density at radius 1 is 1.18 bits per heavy atom. The van der Waals surface area contributed by atoms with Gasteiger partial charge in [-0.05, 0) is 23.7 Å². The Kier molecular flexibility index (Phi) is 2.32. The summed E-state index contributed by atoms with van der Waals surface area (Å²) in [4.78, 5) is 0. The maximum atomic E-state index is 2.48. The van der Waals surface area contributed by atoms with Gasteiger partial charge in [0, 0.05) is 0 Å². The number of hydrogen-bond donors (Lipinski definition) is 0. The normalized spacial score (nSPS) is 24.0. The average molecular weight is 154 g/mol. The minimum Gasteiger partial charge on any atom is -0.0649 e. The average Bonchev–Trinajstić information content (AvgIpc) is 2.38. The first-order valence-electron chi connectivity index (χ1n) is 5.02. The van der Waals surface area contributed by atoms with E-state index in [1.165, 1.54) is 32.1 Å². The van der Waals surface area contributed by atoms with E-state index in [2.05, 4.69) is 27.7 Å². The monoisotopic (exact) mass is 154 g/mol. The molecule has 0 radical (unpaired) electrons. The van der Waals surface area contributed by atoms with Gasteiger partial charge in [-0.1, -0.05) is 47.0 Å². The van der Waals surface area contributed by atoms with Crippen molar-refractivity contribution in [1.82, 2.24) is 0 Å². The molecule has 1 fully saturated rings. The van der Waals surface area contributed by atoms with Gasteiger partial charge >= 0.3 is 0 Å². The molecule has 0 nitrogen and oxygen atoms in total. The summed E-state index contributed by atoms with van der Waals surface area (Å²) in [7, 11) is 0. The minimum absolute atomic E-state index is 0.559. The highest BCUT2D eigenvalue weighted by molar-refractivity contribution is 4.91. The summed E-state index contributed by atoms with van der Waals surface area (Å²) in [6.45, 7) is 9.66. The van der Waals surface area contributed by atoms with Crippen molar-refractivity contribution in [3.05, 3.63) is 0 Å². The molecule has 0 spiro atoms. The summed E-state index contributed by atoms with van der Waals surface area (Å²) in [5.74, 6) is 0. The fraction of sp³-hybridized carbons (Fsp3) is 1.00. The Balaban J connectivity index is 2.69. The van der Waals surface area contributed by atoms with Gasteiger partial charge in [0.2, 0.25) is 0 Å². The molecule has 0 aromatic heterocycles. The van der Waals surface area contributed by atoms with E-state index in [0.29, 0.717) is 10.8 Å². The van der Waals surface area contributed by atoms with Crippen LogP contribution < -0.4 is 0 Å².